The molecule has 0 aliphatic heterocycles. The molecular weight excluding hydrogens is 168 g/mol. The van der Waals surface area contributed by atoms with Gasteiger partial charge in [-0.05, 0) is 12.5 Å². The van der Waals surface area contributed by atoms with Crippen LogP contribution in [0, 0.1) is 0 Å². The van der Waals surface area contributed by atoms with Gasteiger partial charge in [0.05, 0.1) is 22.4 Å². The molecule has 0 fully saturated rings. The first-order valence-corrected chi connectivity index (χ1v) is 2.93. The van der Waals surface area contributed by atoms with E-state index in [0.29, 0.717) is 0 Å². The number of rotatable bonds is 2. The van der Waals surface area contributed by atoms with Crippen molar-refractivity contribution >= 4 is 22.4 Å². The third-order valence-corrected chi connectivity index (χ3v) is 0.620. The zero-order chi connectivity index (χ0) is 6.57. The van der Waals surface area contributed by atoms with Crippen molar-refractivity contribution in [1.82, 2.24) is 4.03 Å². The lowest BCUT2D eigenvalue weighted by atomic mass is 10.4. The van der Waals surface area contributed by atoms with E-state index >= 15 is 0 Å². The van der Waals surface area contributed by atoms with E-state index in [9.17, 15) is 0 Å². The SMILES string of the molecule is C=C(C)C=NN(C)Br. The second-order valence-corrected chi connectivity index (χ2v) is 2.56. The Hall–Kier alpha value is -0.310. The van der Waals surface area contributed by atoms with Gasteiger partial charge >= 0.3 is 0 Å². The van der Waals surface area contributed by atoms with E-state index in [0.717, 1.165) is 5.57 Å². The van der Waals surface area contributed by atoms with Crippen LogP contribution in [0.2, 0.25) is 0 Å². The van der Waals surface area contributed by atoms with Crippen molar-refractivity contribution in [2.45, 2.75) is 6.92 Å². The molecule has 0 bridgehead atoms. The normalized spacial score (nSPS) is 9.88. The molecule has 2 nitrogen and oxygen atoms in total. The van der Waals surface area contributed by atoms with Crippen LogP contribution in [0.4, 0.5) is 0 Å². The molecule has 8 heavy (non-hydrogen) atoms. The van der Waals surface area contributed by atoms with Crippen molar-refractivity contribution in [2.24, 2.45) is 5.10 Å². The fourth-order valence-electron chi connectivity index (χ4n) is 0.178. The van der Waals surface area contributed by atoms with Crippen molar-refractivity contribution in [3.8, 4) is 0 Å². The lowest BCUT2D eigenvalue weighted by molar-refractivity contribution is 0.642. The molecule has 0 heterocycles. The van der Waals surface area contributed by atoms with E-state index < -0.39 is 0 Å². The largest absolute Gasteiger partial charge is 0.233 e. The molecule has 0 radical (unpaired) electrons. The average Bonchev–Trinajstić information content (AvgIpc) is 1.61. The standard InChI is InChI=1S/C5H9BrN2/c1-5(2)4-7-8(3)6/h4H,1H2,2-3H3. The summed E-state index contributed by atoms with van der Waals surface area (Å²) in [6, 6.07) is 0. The van der Waals surface area contributed by atoms with Gasteiger partial charge in [-0.2, -0.15) is 5.10 Å². The second-order valence-electron chi connectivity index (χ2n) is 1.54. The summed E-state index contributed by atoms with van der Waals surface area (Å²) in [7, 11) is 1.79. The molecule has 0 aromatic rings. The first-order valence-electron chi connectivity index (χ1n) is 2.22. The molecule has 0 spiro atoms. The summed E-state index contributed by atoms with van der Waals surface area (Å²) in [5.74, 6) is 0. The molecule has 0 aliphatic rings. The van der Waals surface area contributed by atoms with E-state index in [2.05, 4.69) is 27.8 Å². The molecule has 0 unspecified atom stereocenters. The summed E-state index contributed by atoms with van der Waals surface area (Å²) < 4.78 is 1.54. The highest BCUT2D eigenvalue weighted by molar-refractivity contribution is 9.07. The summed E-state index contributed by atoms with van der Waals surface area (Å²) >= 11 is 3.10. The van der Waals surface area contributed by atoms with Crippen LogP contribution in [0.15, 0.2) is 17.3 Å². The number of hydrogen-bond donors (Lipinski definition) is 0. The maximum absolute atomic E-state index is 3.85. The minimum atomic E-state index is 0.941. The zero-order valence-electron chi connectivity index (χ0n) is 5.06. The minimum absolute atomic E-state index is 0.941. The summed E-state index contributed by atoms with van der Waals surface area (Å²) in [4.78, 5) is 0. The van der Waals surface area contributed by atoms with Gasteiger partial charge in [-0.25, -0.2) is 4.03 Å². The summed E-state index contributed by atoms with van der Waals surface area (Å²) in [6.45, 7) is 5.52. The van der Waals surface area contributed by atoms with Crippen LogP contribution >= 0.6 is 16.1 Å². The molecule has 3 heteroatoms. The fourth-order valence-corrected chi connectivity index (χ4v) is 0.270. The van der Waals surface area contributed by atoms with Crippen molar-refractivity contribution in [2.75, 3.05) is 7.05 Å². The number of nitrogens with zero attached hydrogens (tertiary/aromatic N) is 2. The maximum atomic E-state index is 3.85. The Morgan fingerprint density at radius 1 is 1.88 bits per heavy atom. The Kier molecular flexibility index (Phi) is 3.52. The van der Waals surface area contributed by atoms with Gasteiger partial charge in [-0.15, -0.1) is 0 Å². The van der Waals surface area contributed by atoms with Gasteiger partial charge < -0.3 is 0 Å². The molecule has 0 saturated carbocycles. The molecule has 0 amide bonds. The maximum Gasteiger partial charge on any atom is 0.0683 e. The summed E-state index contributed by atoms with van der Waals surface area (Å²) in [5, 5.41) is 3.85. The van der Waals surface area contributed by atoms with Crippen molar-refractivity contribution in [1.29, 1.82) is 0 Å². The Bertz CT molecular complexity index is 107. The summed E-state index contributed by atoms with van der Waals surface area (Å²) in [6.07, 6.45) is 1.68. The van der Waals surface area contributed by atoms with Gasteiger partial charge in [0.1, 0.15) is 0 Å². The van der Waals surface area contributed by atoms with Crippen molar-refractivity contribution < 1.29 is 0 Å². The van der Waals surface area contributed by atoms with E-state index in [1.807, 2.05) is 6.92 Å². The molecule has 46 valence electrons. The number of hydrazone groups is 1. The van der Waals surface area contributed by atoms with Crippen molar-refractivity contribution in [3.05, 3.63) is 12.2 Å². The van der Waals surface area contributed by atoms with Crippen LogP contribution in [-0.4, -0.2) is 17.3 Å². The molecule has 0 saturated heterocycles. The Morgan fingerprint density at radius 3 is 2.50 bits per heavy atom. The molecular formula is C5H9BrN2. The van der Waals surface area contributed by atoms with Crippen LogP contribution in [0.3, 0.4) is 0 Å². The predicted molar refractivity (Wildman–Crippen MR) is 40.0 cm³/mol. The van der Waals surface area contributed by atoms with E-state index in [1.54, 1.807) is 17.3 Å². The van der Waals surface area contributed by atoms with Gasteiger partial charge in [0, 0.05) is 7.05 Å². The first-order chi connectivity index (χ1) is 3.63. The third kappa shape index (κ3) is 5.69. The summed E-state index contributed by atoms with van der Waals surface area (Å²) in [5.41, 5.74) is 0.941. The quantitative estimate of drug-likeness (QED) is 0.356. The fraction of sp³-hybridized carbons (Fsp3) is 0.400. The molecule has 0 aromatic carbocycles. The Morgan fingerprint density at radius 2 is 2.38 bits per heavy atom. The molecule has 0 aromatic heterocycles. The first kappa shape index (κ1) is 7.69. The smallest absolute Gasteiger partial charge is 0.0683 e. The van der Waals surface area contributed by atoms with Crippen LogP contribution in [0.25, 0.3) is 0 Å². The van der Waals surface area contributed by atoms with Gasteiger partial charge in [0.25, 0.3) is 0 Å². The average molecular weight is 177 g/mol. The topological polar surface area (TPSA) is 15.6 Å². The van der Waals surface area contributed by atoms with Gasteiger partial charge in [0.2, 0.25) is 0 Å². The Balaban J connectivity index is 3.50. The van der Waals surface area contributed by atoms with Gasteiger partial charge in [0.15, 0.2) is 0 Å². The molecule has 0 atom stereocenters. The van der Waals surface area contributed by atoms with Crippen molar-refractivity contribution in [3.63, 3.8) is 0 Å². The number of halogens is 1. The highest BCUT2D eigenvalue weighted by Gasteiger charge is 1.77. The molecule has 0 rings (SSSR count). The third-order valence-electron chi connectivity index (χ3n) is 0.437. The monoisotopic (exact) mass is 176 g/mol. The zero-order valence-corrected chi connectivity index (χ0v) is 6.64. The van der Waals surface area contributed by atoms with Crippen LogP contribution < -0.4 is 0 Å². The highest BCUT2D eigenvalue weighted by Crippen LogP contribution is 1.91. The van der Waals surface area contributed by atoms with Gasteiger partial charge in [-0.3, -0.25) is 0 Å². The van der Waals surface area contributed by atoms with E-state index in [1.165, 1.54) is 0 Å². The Labute approximate surface area is 58.2 Å². The van der Waals surface area contributed by atoms with E-state index in [4.69, 9.17) is 0 Å². The lowest BCUT2D eigenvalue weighted by Gasteiger charge is -1.96. The van der Waals surface area contributed by atoms with Gasteiger partial charge in [-0.1, -0.05) is 6.58 Å². The van der Waals surface area contributed by atoms with E-state index in [-0.39, 0.29) is 0 Å². The van der Waals surface area contributed by atoms with Crippen LogP contribution in [0.5, 0.6) is 0 Å². The van der Waals surface area contributed by atoms with Crippen LogP contribution in [-0.2, 0) is 0 Å². The minimum Gasteiger partial charge on any atom is -0.233 e. The molecule has 0 N–H and O–H groups in total. The number of hydrogen-bond acceptors (Lipinski definition) is 2. The second kappa shape index (κ2) is 3.66. The lowest BCUT2D eigenvalue weighted by Crippen LogP contribution is -1.91. The van der Waals surface area contributed by atoms with Crippen LogP contribution in [0.1, 0.15) is 6.92 Å². The number of allylic oxidation sites excluding steroid dienone is 1. The highest BCUT2D eigenvalue weighted by atomic mass is 79.9. The molecule has 0 aliphatic carbocycles. The predicted octanol–water partition coefficient (Wildman–Crippen LogP) is 1.79.